The molecule has 4 nitrogen and oxygen atoms in total. The molecule has 1 fully saturated rings. The van der Waals surface area contributed by atoms with Gasteiger partial charge in [-0.2, -0.15) is 0 Å². The number of nitrogens with zero attached hydrogens (tertiary/aromatic N) is 1. The van der Waals surface area contributed by atoms with Crippen LogP contribution in [0, 0.1) is 5.82 Å². The van der Waals surface area contributed by atoms with Gasteiger partial charge in [0, 0.05) is 37.3 Å². The van der Waals surface area contributed by atoms with E-state index in [0.29, 0.717) is 17.8 Å². The number of nitrogens with one attached hydrogen (secondary N) is 1. The molecule has 0 aliphatic carbocycles. The summed E-state index contributed by atoms with van der Waals surface area (Å²) in [7, 11) is 0. The first-order valence-corrected chi connectivity index (χ1v) is 6.47. The van der Waals surface area contributed by atoms with Crippen LogP contribution in [0.5, 0.6) is 0 Å². The van der Waals surface area contributed by atoms with Gasteiger partial charge in [-0.05, 0) is 25.5 Å². The van der Waals surface area contributed by atoms with Crippen LogP contribution >= 0.6 is 0 Å². The highest BCUT2D eigenvalue weighted by atomic mass is 19.1. The Bertz CT molecular complexity index is 477. The van der Waals surface area contributed by atoms with E-state index < -0.39 is 11.9 Å². The zero-order valence-electron chi connectivity index (χ0n) is 11.2. The number of halogens is 1. The molecule has 1 aliphatic heterocycles. The molecule has 19 heavy (non-hydrogen) atoms. The lowest BCUT2D eigenvalue weighted by Gasteiger charge is -2.23. The molecule has 1 aromatic rings. The Morgan fingerprint density at radius 1 is 1.58 bits per heavy atom. The third-order valence-electron chi connectivity index (χ3n) is 3.38. The van der Waals surface area contributed by atoms with E-state index in [1.54, 1.807) is 19.1 Å². The van der Waals surface area contributed by atoms with Crippen LogP contribution in [0.3, 0.4) is 0 Å². The fourth-order valence-corrected chi connectivity index (χ4v) is 2.60. The molecular weight excluding hydrogens is 247 g/mol. The van der Waals surface area contributed by atoms with Gasteiger partial charge in [-0.15, -0.1) is 0 Å². The topological polar surface area (TPSA) is 52.6 Å². The quantitative estimate of drug-likeness (QED) is 0.873. The minimum absolute atomic E-state index is 0.0539. The Morgan fingerprint density at radius 2 is 2.32 bits per heavy atom. The Labute approximate surface area is 112 Å². The van der Waals surface area contributed by atoms with Crippen LogP contribution in [-0.2, 0) is 4.79 Å². The largest absolute Gasteiger partial charge is 0.389 e. The Kier molecular flexibility index (Phi) is 4.04. The summed E-state index contributed by atoms with van der Waals surface area (Å²) in [5.41, 5.74) is 1.04. The average molecular weight is 266 g/mol. The molecule has 1 saturated heterocycles. The van der Waals surface area contributed by atoms with E-state index in [4.69, 9.17) is 0 Å². The number of amides is 1. The predicted molar refractivity (Wildman–Crippen MR) is 71.5 cm³/mol. The average Bonchev–Trinajstić information content (AvgIpc) is 2.75. The van der Waals surface area contributed by atoms with Gasteiger partial charge < -0.3 is 15.3 Å². The highest BCUT2D eigenvalue weighted by Gasteiger charge is 2.26. The summed E-state index contributed by atoms with van der Waals surface area (Å²) in [5.74, 6) is -0.447. The third kappa shape index (κ3) is 3.04. The SMILES string of the molecule is CC(=O)NC1CCN(c2cccc(F)c2[C@H](C)O)C1. The van der Waals surface area contributed by atoms with Gasteiger partial charge in [0.25, 0.3) is 0 Å². The van der Waals surface area contributed by atoms with Gasteiger partial charge in [0.05, 0.1) is 6.10 Å². The van der Waals surface area contributed by atoms with Crippen molar-refractivity contribution in [3.8, 4) is 0 Å². The maximum absolute atomic E-state index is 13.8. The van der Waals surface area contributed by atoms with Gasteiger partial charge in [-0.1, -0.05) is 6.07 Å². The molecule has 1 aromatic carbocycles. The molecule has 1 heterocycles. The first-order valence-electron chi connectivity index (χ1n) is 6.47. The number of hydrogen-bond acceptors (Lipinski definition) is 3. The lowest BCUT2D eigenvalue weighted by atomic mass is 10.1. The van der Waals surface area contributed by atoms with Crippen molar-refractivity contribution >= 4 is 11.6 Å². The van der Waals surface area contributed by atoms with Crippen LogP contribution in [-0.4, -0.2) is 30.1 Å². The monoisotopic (exact) mass is 266 g/mol. The van der Waals surface area contributed by atoms with E-state index in [1.807, 2.05) is 4.90 Å². The molecule has 2 atom stereocenters. The van der Waals surface area contributed by atoms with Crippen molar-refractivity contribution < 1.29 is 14.3 Å². The molecule has 2 rings (SSSR count). The second-order valence-electron chi connectivity index (χ2n) is 4.98. The lowest BCUT2D eigenvalue weighted by molar-refractivity contribution is -0.119. The van der Waals surface area contributed by atoms with Crippen LogP contribution in [0.15, 0.2) is 18.2 Å². The van der Waals surface area contributed by atoms with Crippen molar-refractivity contribution in [2.24, 2.45) is 0 Å². The maximum Gasteiger partial charge on any atom is 0.217 e. The maximum atomic E-state index is 13.8. The van der Waals surface area contributed by atoms with Crippen LogP contribution in [0.1, 0.15) is 31.9 Å². The summed E-state index contributed by atoms with van der Waals surface area (Å²) in [4.78, 5) is 13.0. The smallest absolute Gasteiger partial charge is 0.217 e. The standard InChI is InChI=1S/C14H19FN2O2/c1-9(18)14-12(15)4-3-5-13(14)17-7-6-11(8-17)16-10(2)19/h3-5,9,11,18H,6-8H2,1-2H3,(H,16,19)/t9-,11?/m0/s1. The Hall–Kier alpha value is -1.62. The summed E-state index contributed by atoms with van der Waals surface area (Å²) < 4.78 is 13.8. The minimum Gasteiger partial charge on any atom is -0.389 e. The van der Waals surface area contributed by atoms with Gasteiger partial charge in [-0.25, -0.2) is 4.39 Å². The number of aliphatic hydroxyl groups is 1. The fraction of sp³-hybridized carbons (Fsp3) is 0.500. The van der Waals surface area contributed by atoms with Crippen molar-refractivity contribution in [1.82, 2.24) is 5.32 Å². The molecular formula is C14H19FN2O2. The fourth-order valence-electron chi connectivity index (χ4n) is 2.60. The van der Waals surface area contributed by atoms with Gasteiger partial charge >= 0.3 is 0 Å². The van der Waals surface area contributed by atoms with Gasteiger partial charge in [0.15, 0.2) is 0 Å². The van der Waals surface area contributed by atoms with Crippen LogP contribution < -0.4 is 10.2 Å². The summed E-state index contributed by atoms with van der Waals surface area (Å²) in [6, 6.07) is 4.89. The number of benzene rings is 1. The molecule has 1 aliphatic rings. The number of aliphatic hydroxyl groups excluding tert-OH is 1. The van der Waals surface area contributed by atoms with Crippen molar-refractivity contribution in [2.45, 2.75) is 32.4 Å². The molecule has 1 amide bonds. The Balaban J connectivity index is 2.20. The third-order valence-corrected chi connectivity index (χ3v) is 3.38. The summed E-state index contributed by atoms with van der Waals surface area (Å²) in [5, 5.41) is 12.6. The highest BCUT2D eigenvalue weighted by molar-refractivity contribution is 5.73. The molecule has 5 heteroatoms. The highest BCUT2D eigenvalue weighted by Crippen LogP contribution is 2.31. The molecule has 0 spiro atoms. The zero-order valence-corrected chi connectivity index (χ0v) is 11.2. The van der Waals surface area contributed by atoms with Gasteiger partial charge in [0.2, 0.25) is 5.91 Å². The van der Waals surface area contributed by atoms with Crippen LogP contribution in [0.4, 0.5) is 10.1 Å². The van der Waals surface area contributed by atoms with Crippen LogP contribution in [0.2, 0.25) is 0 Å². The van der Waals surface area contributed by atoms with E-state index in [-0.39, 0.29) is 11.9 Å². The summed E-state index contributed by atoms with van der Waals surface area (Å²) >= 11 is 0. The summed E-state index contributed by atoms with van der Waals surface area (Å²) in [6.07, 6.45) is -0.0222. The predicted octanol–water partition coefficient (Wildman–Crippen LogP) is 1.59. The second-order valence-corrected chi connectivity index (χ2v) is 4.98. The number of hydrogen-bond donors (Lipinski definition) is 2. The molecule has 0 saturated carbocycles. The van der Waals surface area contributed by atoms with Crippen molar-refractivity contribution in [2.75, 3.05) is 18.0 Å². The van der Waals surface area contributed by atoms with E-state index in [2.05, 4.69) is 5.32 Å². The second kappa shape index (κ2) is 5.57. The number of rotatable bonds is 3. The molecule has 0 radical (unpaired) electrons. The number of anilines is 1. The molecule has 2 N–H and O–H groups in total. The van der Waals surface area contributed by atoms with Crippen molar-refractivity contribution in [1.29, 1.82) is 0 Å². The minimum atomic E-state index is -0.851. The van der Waals surface area contributed by atoms with Crippen molar-refractivity contribution in [3.05, 3.63) is 29.6 Å². The number of carbonyl (C=O) groups is 1. The Morgan fingerprint density at radius 3 is 2.95 bits per heavy atom. The molecule has 104 valence electrons. The normalized spacial score (nSPS) is 20.4. The molecule has 0 aromatic heterocycles. The number of carbonyl (C=O) groups excluding carboxylic acids is 1. The van der Waals surface area contributed by atoms with Crippen molar-refractivity contribution in [3.63, 3.8) is 0 Å². The van der Waals surface area contributed by atoms with Gasteiger partial charge in [-0.3, -0.25) is 4.79 Å². The van der Waals surface area contributed by atoms with E-state index in [1.165, 1.54) is 13.0 Å². The summed E-state index contributed by atoms with van der Waals surface area (Å²) in [6.45, 7) is 4.44. The molecule has 0 bridgehead atoms. The first kappa shape index (κ1) is 13.8. The first-order chi connectivity index (χ1) is 8.99. The zero-order chi connectivity index (χ0) is 14.0. The van der Waals surface area contributed by atoms with E-state index in [9.17, 15) is 14.3 Å². The lowest BCUT2D eigenvalue weighted by Crippen LogP contribution is -2.35. The van der Waals surface area contributed by atoms with E-state index >= 15 is 0 Å². The molecule has 1 unspecified atom stereocenters. The van der Waals surface area contributed by atoms with Crippen LogP contribution in [0.25, 0.3) is 0 Å². The van der Waals surface area contributed by atoms with E-state index in [0.717, 1.165) is 13.0 Å². The van der Waals surface area contributed by atoms with Gasteiger partial charge in [0.1, 0.15) is 5.82 Å².